The average molecular weight is 443 g/mol. The molecule has 8 atom stereocenters. The molecule has 0 unspecified atom stereocenters. The van der Waals surface area contributed by atoms with Crippen LogP contribution in [0.1, 0.15) is 86.0 Å². The van der Waals surface area contributed by atoms with Gasteiger partial charge in [-0.25, -0.2) is 0 Å². The first-order chi connectivity index (χ1) is 14.8. The van der Waals surface area contributed by atoms with Crippen molar-refractivity contribution >= 4 is 11.9 Å². The first-order valence-electron chi connectivity index (χ1n) is 12.1. The summed E-state index contributed by atoms with van der Waals surface area (Å²) in [6.45, 7) is 9.84. The van der Waals surface area contributed by atoms with Crippen LogP contribution in [0.4, 0.5) is 0 Å². The van der Waals surface area contributed by atoms with Gasteiger partial charge in [-0.05, 0) is 65.7 Å². The Kier molecular flexibility index (Phi) is 10.7. The molecule has 2 heterocycles. The minimum Gasteiger partial charge on any atom is -0.466 e. The molecule has 7 heteroatoms. The number of esters is 2. The van der Waals surface area contributed by atoms with E-state index in [2.05, 4.69) is 0 Å². The van der Waals surface area contributed by atoms with Crippen LogP contribution in [0.15, 0.2) is 0 Å². The van der Waals surface area contributed by atoms with Crippen molar-refractivity contribution < 1.29 is 33.6 Å². The lowest BCUT2D eigenvalue weighted by Gasteiger charge is -2.25. The van der Waals surface area contributed by atoms with Crippen molar-refractivity contribution in [2.24, 2.45) is 11.8 Å². The lowest BCUT2D eigenvalue weighted by molar-refractivity contribution is -0.161. The van der Waals surface area contributed by atoms with Crippen LogP contribution in [0.2, 0.25) is 0 Å². The molecular weight excluding hydrogens is 400 g/mol. The number of hydrogen-bond donors (Lipinski definition) is 1. The minimum absolute atomic E-state index is 0.0161. The average Bonchev–Trinajstić information content (AvgIpc) is 3.41. The topological polar surface area (TPSA) is 91.3 Å². The summed E-state index contributed by atoms with van der Waals surface area (Å²) in [7, 11) is 0. The maximum atomic E-state index is 12.7. The van der Waals surface area contributed by atoms with E-state index < -0.39 is 0 Å². The van der Waals surface area contributed by atoms with Crippen LogP contribution < -0.4 is 0 Å². The Morgan fingerprint density at radius 1 is 0.871 bits per heavy atom. The van der Waals surface area contributed by atoms with Crippen LogP contribution in [0.3, 0.4) is 0 Å². The van der Waals surface area contributed by atoms with Gasteiger partial charge < -0.3 is 24.1 Å². The first kappa shape index (κ1) is 26.1. The molecule has 0 spiro atoms. The summed E-state index contributed by atoms with van der Waals surface area (Å²) in [5.41, 5.74) is 0. The van der Waals surface area contributed by atoms with Gasteiger partial charge in [-0.2, -0.15) is 0 Å². The van der Waals surface area contributed by atoms with Crippen molar-refractivity contribution in [3.8, 4) is 0 Å². The van der Waals surface area contributed by atoms with Gasteiger partial charge in [0.05, 0.1) is 49.0 Å². The highest BCUT2D eigenvalue weighted by atomic mass is 16.6. The van der Waals surface area contributed by atoms with Crippen molar-refractivity contribution in [2.45, 2.75) is 123 Å². The summed E-state index contributed by atoms with van der Waals surface area (Å²) < 4.78 is 23.0. The lowest BCUT2D eigenvalue weighted by Crippen LogP contribution is -2.33. The molecule has 180 valence electrons. The number of hydrogen-bond acceptors (Lipinski definition) is 7. The largest absolute Gasteiger partial charge is 0.466 e. The third-order valence-corrected chi connectivity index (χ3v) is 6.70. The third-order valence-electron chi connectivity index (χ3n) is 6.70. The van der Waals surface area contributed by atoms with Gasteiger partial charge in [0.1, 0.15) is 6.10 Å². The van der Waals surface area contributed by atoms with E-state index in [9.17, 15) is 14.7 Å². The summed E-state index contributed by atoms with van der Waals surface area (Å²) >= 11 is 0. The zero-order chi connectivity index (χ0) is 23.0. The van der Waals surface area contributed by atoms with Crippen molar-refractivity contribution in [3.63, 3.8) is 0 Å². The molecule has 1 N–H and O–H groups in total. The van der Waals surface area contributed by atoms with Crippen molar-refractivity contribution in [3.05, 3.63) is 0 Å². The zero-order valence-electron chi connectivity index (χ0n) is 19.9. The highest BCUT2D eigenvalue weighted by molar-refractivity contribution is 5.73. The predicted octanol–water partition coefficient (Wildman–Crippen LogP) is 3.79. The van der Waals surface area contributed by atoms with Gasteiger partial charge in [-0.15, -0.1) is 0 Å². The Balaban J connectivity index is 1.78. The van der Waals surface area contributed by atoms with E-state index in [0.29, 0.717) is 32.3 Å². The summed E-state index contributed by atoms with van der Waals surface area (Å²) in [4.78, 5) is 24.7. The van der Waals surface area contributed by atoms with Gasteiger partial charge in [0.2, 0.25) is 0 Å². The molecule has 2 fully saturated rings. The number of rotatable bonds is 12. The van der Waals surface area contributed by atoms with Crippen LogP contribution in [-0.2, 0) is 28.5 Å². The van der Waals surface area contributed by atoms with E-state index in [0.717, 1.165) is 25.7 Å². The molecule has 2 aliphatic heterocycles. The smallest absolute Gasteiger partial charge is 0.311 e. The summed E-state index contributed by atoms with van der Waals surface area (Å²) in [5, 5.41) is 9.84. The van der Waals surface area contributed by atoms with Crippen molar-refractivity contribution in [1.29, 1.82) is 0 Å². The van der Waals surface area contributed by atoms with E-state index in [1.54, 1.807) is 6.92 Å². The minimum atomic E-state index is -0.350. The molecule has 0 aromatic heterocycles. The van der Waals surface area contributed by atoms with Crippen LogP contribution in [0, 0.1) is 11.8 Å². The Morgan fingerprint density at radius 2 is 1.42 bits per heavy atom. The molecule has 0 aliphatic carbocycles. The van der Waals surface area contributed by atoms with E-state index in [1.165, 1.54) is 0 Å². The number of carbonyl (C=O) groups is 2. The molecule has 0 aromatic carbocycles. The highest BCUT2D eigenvalue weighted by Gasteiger charge is 2.37. The van der Waals surface area contributed by atoms with E-state index in [4.69, 9.17) is 18.9 Å². The summed E-state index contributed by atoms with van der Waals surface area (Å²) in [6.07, 6.45) is 5.17. The van der Waals surface area contributed by atoms with E-state index in [-0.39, 0.29) is 60.4 Å². The van der Waals surface area contributed by atoms with Crippen molar-refractivity contribution in [1.82, 2.24) is 0 Å². The van der Waals surface area contributed by atoms with Crippen molar-refractivity contribution in [2.75, 3.05) is 6.61 Å². The number of ether oxygens (including phenoxy) is 4. The van der Waals surface area contributed by atoms with Crippen LogP contribution >= 0.6 is 0 Å². The normalized spacial score (nSPS) is 29.9. The van der Waals surface area contributed by atoms with Gasteiger partial charge in [0, 0.05) is 6.42 Å². The molecule has 0 amide bonds. The molecule has 31 heavy (non-hydrogen) atoms. The predicted molar refractivity (Wildman–Crippen MR) is 116 cm³/mol. The van der Waals surface area contributed by atoms with Crippen LogP contribution in [-0.4, -0.2) is 60.3 Å². The third kappa shape index (κ3) is 7.72. The quantitative estimate of drug-likeness (QED) is 0.460. The molecule has 2 rings (SSSR count). The zero-order valence-corrected chi connectivity index (χ0v) is 19.9. The molecular formula is C24H42O7. The summed E-state index contributed by atoms with van der Waals surface area (Å²) in [6, 6.07) is 0. The maximum Gasteiger partial charge on any atom is 0.311 e. The molecule has 2 aliphatic rings. The fourth-order valence-electron chi connectivity index (χ4n) is 4.46. The Morgan fingerprint density at radius 3 is 1.94 bits per heavy atom. The van der Waals surface area contributed by atoms with Crippen LogP contribution in [0.5, 0.6) is 0 Å². The van der Waals surface area contributed by atoms with E-state index in [1.807, 2.05) is 27.7 Å². The second kappa shape index (κ2) is 12.8. The van der Waals surface area contributed by atoms with Gasteiger partial charge >= 0.3 is 11.9 Å². The van der Waals surface area contributed by atoms with Crippen LogP contribution in [0.25, 0.3) is 0 Å². The maximum absolute atomic E-state index is 12.7. The van der Waals surface area contributed by atoms with Gasteiger partial charge in [0.25, 0.3) is 0 Å². The number of aliphatic hydroxyl groups excluding tert-OH is 1. The second-order valence-electron chi connectivity index (χ2n) is 9.08. The highest BCUT2D eigenvalue weighted by Crippen LogP contribution is 2.31. The number of aliphatic hydroxyl groups is 1. The Labute approximate surface area is 187 Å². The van der Waals surface area contributed by atoms with Gasteiger partial charge in [0.15, 0.2) is 0 Å². The van der Waals surface area contributed by atoms with E-state index >= 15 is 0 Å². The fraction of sp³-hybridized carbons (Fsp3) is 0.917. The standard InChI is InChI=1S/C24H42O7/c1-6-17(25)13-19-9-11-22(29-19)16(5)24(27)31-18(7-2)14-20-10-12-21(30-20)15(4)23(26)28-8-3/h15-22,25H,6-14H2,1-5H3/t15-,16+,17-,18+,19-,20+,21-,22+/m1/s1. The Hall–Kier alpha value is -1.18. The second-order valence-corrected chi connectivity index (χ2v) is 9.08. The lowest BCUT2D eigenvalue weighted by atomic mass is 10.00. The monoisotopic (exact) mass is 442 g/mol. The number of carbonyl (C=O) groups excluding carboxylic acids is 2. The summed E-state index contributed by atoms with van der Waals surface area (Å²) in [5.74, 6) is -1.07. The van der Waals surface area contributed by atoms with Gasteiger partial charge in [-0.3, -0.25) is 9.59 Å². The Bertz CT molecular complexity index is 566. The first-order valence-corrected chi connectivity index (χ1v) is 12.1. The molecule has 7 nitrogen and oxygen atoms in total. The fourth-order valence-corrected chi connectivity index (χ4v) is 4.46. The molecule has 0 aromatic rings. The molecule has 2 saturated heterocycles. The molecule has 0 bridgehead atoms. The SMILES string of the molecule is CCOC(=O)[C@H](C)[C@H]1CC[C@@H](C[C@H](CC)OC(=O)[C@@H](C)[C@@H]2CC[C@H](C[C@H](O)CC)O2)O1. The van der Waals surface area contributed by atoms with Gasteiger partial charge in [-0.1, -0.05) is 13.8 Å². The molecule has 0 radical (unpaired) electrons. The molecule has 0 saturated carbocycles.